The summed E-state index contributed by atoms with van der Waals surface area (Å²) in [6.07, 6.45) is 7.37. The number of carbonyl (C=O) groups excluding carboxylic acids is 1. The molecular formula is C16H23Cl2N5O2. The van der Waals surface area contributed by atoms with E-state index >= 15 is 0 Å². The Hall–Kier alpha value is -1.67. The van der Waals surface area contributed by atoms with E-state index in [4.69, 9.17) is 10.5 Å². The van der Waals surface area contributed by atoms with E-state index in [0.717, 1.165) is 19.4 Å². The summed E-state index contributed by atoms with van der Waals surface area (Å²) >= 11 is 0. The first-order valence-electron chi connectivity index (χ1n) is 7.83. The number of aryl methyl sites for hydroxylation is 2. The minimum absolute atomic E-state index is 0. The average molecular weight is 388 g/mol. The van der Waals surface area contributed by atoms with Gasteiger partial charge < -0.3 is 15.8 Å². The zero-order valence-corrected chi connectivity index (χ0v) is 15.3. The van der Waals surface area contributed by atoms with Crippen LogP contribution in [0.2, 0.25) is 0 Å². The molecule has 0 bridgehead atoms. The summed E-state index contributed by atoms with van der Waals surface area (Å²) in [7, 11) is 0. The van der Waals surface area contributed by atoms with Crippen LogP contribution in [0.15, 0.2) is 36.8 Å². The topological polar surface area (TPSA) is 95.1 Å². The molecule has 1 fully saturated rings. The third-order valence-electron chi connectivity index (χ3n) is 3.93. The fraction of sp³-hybridized carbons (Fsp3) is 0.438. The van der Waals surface area contributed by atoms with Crippen LogP contribution < -0.4 is 11.1 Å². The van der Waals surface area contributed by atoms with Crippen LogP contribution >= 0.6 is 24.8 Å². The highest BCUT2D eigenvalue weighted by Crippen LogP contribution is 2.20. The lowest BCUT2D eigenvalue weighted by molar-refractivity contribution is -0.126. The summed E-state index contributed by atoms with van der Waals surface area (Å²) in [6, 6.07) is 5.76. The smallest absolute Gasteiger partial charge is 0.254 e. The summed E-state index contributed by atoms with van der Waals surface area (Å²) in [5.41, 5.74) is 6.76. The molecule has 25 heavy (non-hydrogen) atoms. The average Bonchev–Trinajstić information content (AvgIpc) is 3.23. The van der Waals surface area contributed by atoms with Crippen LogP contribution in [-0.2, 0) is 22.5 Å². The molecule has 2 aromatic heterocycles. The maximum atomic E-state index is 12.1. The highest BCUT2D eigenvalue weighted by molar-refractivity contribution is 5.93. The number of nitrogens with two attached hydrogens (primary N) is 1. The van der Waals surface area contributed by atoms with Crippen LogP contribution in [0.25, 0.3) is 0 Å². The number of amides is 1. The monoisotopic (exact) mass is 387 g/mol. The lowest BCUT2D eigenvalue weighted by Gasteiger charge is -2.11. The Bertz CT molecular complexity index is 653. The molecule has 0 spiro atoms. The molecule has 7 nitrogen and oxygen atoms in total. The zero-order chi connectivity index (χ0) is 16.1. The summed E-state index contributed by atoms with van der Waals surface area (Å²) in [6.45, 7) is 1.20. The first-order valence-corrected chi connectivity index (χ1v) is 7.83. The summed E-state index contributed by atoms with van der Waals surface area (Å²) in [4.78, 5) is 16.1. The molecule has 0 radical (unpaired) electrons. The molecule has 3 heterocycles. The van der Waals surface area contributed by atoms with Gasteiger partial charge in [0.1, 0.15) is 6.10 Å². The Morgan fingerprint density at radius 3 is 2.72 bits per heavy atom. The van der Waals surface area contributed by atoms with Gasteiger partial charge in [0.15, 0.2) is 5.82 Å². The summed E-state index contributed by atoms with van der Waals surface area (Å²) in [5, 5.41) is 7.17. The number of rotatable bonds is 6. The van der Waals surface area contributed by atoms with Gasteiger partial charge >= 0.3 is 0 Å². The van der Waals surface area contributed by atoms with Crippen molar-refractivity contribution >= 4 is 36.5 Å². The maximum absolute atomic E-state index is 12.1. The predicted octanol–water partition coefficient (Wildman–Crippen LogP) is 1.81. The van der Waals surface area contributed by atoms with E-state index in [9.17, 15) is 4.79 Å². The van der Waals surface area contributed by atoms with Crippen molar-refractivity contribution in [1.82, 2.24) is 14.8 Å². The Labute approximate surface area is 159 Å². The summed E-state index contributed by atoms with van der Waals surface area (Å²) in [5.74, 6) is 0.393. The third kappa shape index (κ3) is 5.97. The Morgan fingerprint density at radius 1 is 1.28 bits per heavy atom. The minimum atomic E-state index is -0.425. The van der Waals surface area contributed by atoms with Crippen LogP contribution in [0.5, 0.6) is 0 Å². The molecule has 3 N–H and O–H groups in total. The lowest BCUT2D eigenvalue weighted by Crippen LogP contribution is -2.30. The second kappa shape index (κ2) is 10.4. The normalized spacial score (nSPS) is 18.9. The van der Waals surface area contributed by atoms with E-state index in [1.165, 1.54) is 5.56 Å². The molecule has 138 valence electrons. The molecule has 3 rings (SSSR count). The fourth-order valence-corrected chi connectivity index (χ4v) is 2.62. The number of nitrogens with zero attached hydrogens (tertiary/aromatic N) is 3. The van der Waals surface area contributed by atoms with E-state index in [1.807, 2.05) is 23.0 Å². The Kier molecular flexibility index (Phi) is 8.85. The number of hydrogen-bond donors (Lipinski definition) is 2. The molecule has 0 unspecified atom stereocenters. The first kappa shape index (κ1) is 21.4. The molecule has 0 aromatic carbocycles. The van der Waals surface area contributed by atoms with Crippen LogP contribution in [0.1, 0.15) is 18.4 Å². The van der Waals surface area contributed by atoms with Gasteiger partial charge in [-0.15, -0.1) is 24.8 Å². The Morgan fingerprint density at radius 2 is 2.04 bits per heavy atom. The number of halogens is 2. The van der Waals surface area contributed by atoms with Crippen LogP contribution in [0.3, 0.4) is 0 Å². The van der Waals surface area contributed by atoms with Crippen LogP contribution in [-0.4, -0.2) is 39.4 Å². The van der Waals surface area contributed by atoms with E-state index in [-0.39, 0.29) is 36.8 Å². The molecule has 0 saturated carbocycles. The van der Waals surface area contributed by atoms with Gasteiger partial charge in [-0.2, -0.15) is 5.10 Å². The Balaban J connectivity index is 0.00000156. The largest absolute Gasteiger partial charge is 0.364 e. The van der Waals surface area contributed by atoms with Gasteiger partial charge in [0.2, 0.25) is 0 Å². The molecule has 1 aliphatic rings. The second-order valence-electron chi connectivity index (χ2n) is 5.62. The zero-order valence-electron chi connectivity index (χ0n) is 13.7. The molecule has 2 aromatic rings. The fourth-order valence-electron chi connectivity index (χ4n) is 2.62. The number of ether oxygens (including phenoxy) is 1. The van der Waals surface area contributed by atoms with Crippen molar-refractivity contribution in [2.45, 2.75) is 38.0 Å². The van der Waals surface area contributed by atoms with Gasteiger partial charge in [-0.25, -0.2) is 0 Å². The van der Waals surface area contributed by atoms with Crippen molar-refractivity contribution in [2.75, 3.05) is 11.9 Å². The van der Waals surface area contributed by atoms with Gasteiger partial charge in [0.25, 0.3) is 5.91 Å². The molecule has 1 amide bonds. The van der Waals surface area contributed by atoms with Gasteiger partial charge in [0, 0.05) is 37.7 Å². The minimum Gasteiger partial charge on any atom is -0.364 e. The van der Waals surface area contributed by atoms with E-state index in [2.05, 4.69) is 15.4 Å². The molecule has 2 atom stereocenters. The van der Waals surface area contributed by atoms with Crippen molar-refractivity contribution in [1.29, 1.82) is 0 Å². The van der Waals surface area contributed by atoms with Gasteiger partial charge in [-0.1, -0.05) is 0 Å². The van der Waals surface area contributed by atoms with Crippen LogP contribution in [0.4, 0.5) is 5.82 Å². The molecular weight excluding hydrogens is 365 g/mol. The second-order valence-corrected chi connectivity index (χ2v) is 5.62. The van der Waals surface area contributed by atoms with E-state index < -0.39 is 6.10 Å². The number of pyridine rings is 1. The molecule has 1 saturated heterocycles. The standard InChI is InChI=1S/C16H21N5O2.2ClH/c17-11-13-1-2-14(23-13)16(22)19-15-6-10-21(20-15)9-5-12-3-7-18-8-4-12;;/h3-4,6-8,10,13-14H,1-2,5,9,11,17H2,(H,19,20,22);2*1H/t13-,14+;;/m1../s1. The highest BCUT2D eigenvalue weighted by Gasteiger charge is 2.30. The van der Waals surface area contributed by atoms with Gasteiger partial charge in [-0.05, 0) is 37.0 Å². The number of aromatic nitrogens is 3. The van der Waals surface area contributed by atoms with Crippen molar-refractivity contribution in [2.24, 2.45) is 5.73 Å². The summed E-state index contributed by atoms with van der Waals surface area (Å²) < 4.78 is 7.39. The van der Waals surface area contributed by atoms with Gasteiger partial charge in [-0.3, -0.25) is 14.5 Å². The van der Waals surface area contributed by atoms with Crippen molar-refractivity contribution in [3.8, 4) is 0 Å². The molecule has 1 aliphatic heterocycles. The van der Waals surface area contributed by atoms with E-state index in [0.29, 0.717) is 18.8 Å². The highest BCUT2D eigenvalue weighted by atomic mass is 35.5. The number of hydrogen-bond acceptors (Lipinski definition) is 5. The van der Waals surface area contributed by atoms with Crippen molar-refractivity contribution < 1.29 is 9.53 Å². The third-order valence-corrected chi connectivity index (χ3v) is 3.93. The number of anilines is 1. The van der Waals surface area contributed by atoms with Gasteiger partial charge in [0.05, 0.1) is 6.10 Å². The SMILES string of the molecule is Cl.Cl.NC[C@H]1CC[C@@H](C(=O)Nc2ccn(CCc3ccncc3)n2)O1. The van der Waals surface area contributed by atoms with Crippen molar-refractivity contribution in [3.63, 3.8) is 0 Å². The first-order chi connectivity index (χ1) is 11.2. The quantitative estimate of drug-likeness (QED) is 0.787. The van der Waals surface area contributed by atoms with Crippen LogP contribution in [0, 0.1) is 0 Å². The number of carbonyl (C=O) groups is 1. The lowest BCUT2D eigenvalue weighted by atomic mass is 10.2. The van der Waals surface area contributed by atoms with Crippen molar-refractivity contribution in [3.05, 3.63) is 42.4 Å². The molecule has 0 aliphatic carbocycles. The predicted molar refractivity (Wildman–Crippen MR) is 100 cm³/mol. The van der Waals surface area contributed by atoms with E-state index in [1.54, 1.807) is 18.5 Å². The molecule has 9 heteroatoms. The number of nitrogens with one attached hydrogen (secondary N) is 1. The maximum Gasteiger partial charge on any atom is 0.254 e.